The van der Waals surface area contributed by atoms with Crippen molar-refractivity contribution in [1.82, 2.24) is 15.3 Å². The number of nitrogens with zero attached hydrogens (tertiary/aromatic N) is 2. The number of amides is 2. The summed E-state index contributed by atoms with van der Waals surface area (Å²) in [5.41, 5.74) is 4.74. The molecule has 314 valence electrons. The van der Waals surface area contributed by atoms with E-state index < -0.39 is 53.7 Å². The van der Waals surface area contributed by atoms with Gasteiger partial charge in [0.05, 0.1) is 24.9 Å². The van der Waals surface area contributed by atoms with Gasteiger partial charge in [-0.25, -0.2) is 0 Å². The van der Waals surface area contributed by atoms with Crippen molar-refractivity contribution in [3.05, 3.63) is 76.4 Å². The molecule has 0 aromatic heterocycles. The minimum Gasteiger partial charge on any atom is -0.458 e. The summed E-state index contributed by atoms with van der Waals surface area (Å²) in [6.45, 7) is 7.61. The van der Waals surface area contributed by atoms with Gasteiger partial charge in [0.15, 0.2) is 11.8 Å². The molecule has 11 atom stereocenters. The first-order chi connectivity index (χ1) is 28.4. The zero-order valence-electron chi connectivity index (χ0n) is 34.4. The summed E-state index contributed by atoms with van der Waals surface area (Å²) in [7, 11) is 0. The number of allylic oxidation sites excluding steroid dienone is 1. The van der Waals surface area contributed by atoms with Crippen LogP contribution in [0.2, 0.25) is 0 Å². The van der Waals surface area contributed by atoms with Crippen LogP contribution in [0.5, 0.6) is 0 Å². The fraction of sp³-hybridized carbons (Fsp3) is 0.638. The number of fused-ring (bicyclic) bond motifs is 7. The van der Waals surface area contributed by atoms with Gasteiger partial charge in [0.25, 0.3) is 0 Å². The lowest BCUT2D eigenvalue weighted by atomic mass is 9.52. The monoisotopic (exact) mass is 807 g/mol. The molecular formula is C47H57N3O9. The molecular weight excluding hydrogens is 751 g/mol. The second-order valence-corrected chi connectivity index (χ2v) is 19.9. The average Bonchev–Trinajstić information content (AvgIpc) is 3.73. The molecule has 5 aliphatic heterocycles. The maximum absolute atomic E-state index is 15.5. The number of aliphatic hydroxyl groups excluding tert-OH is 1. The molecule has 11 rings (SSSR count). The lowest BCUT2D eigenvalue weighted by Gasteiger charge is -2.53. The van der Waals surface area contributed by atoms with Gasteiger partial charge in [0.2, 0.25) is 11.8 Å². The number of ether oxygens (including phenoxy) is 4. The molecule has 59 heavy (non-hydrogen) atoms. The Kier molecular flexibility index (Phi) is 8.87. The van der Waals surface area contributed by atoms with Gasteiger partial charge in [-0.3, -0.25) is 19.2 Å². The minimum atomic E-state index is -1.38. The number of nitrogens with one attached hydrogen (secondary N) is 1. The van der Waals surface area contributed by atoms with E-state index in [0.717, 1.165) is 54.4 Å². The van der Waals surface area contributed by atoms with Gasteiger partial charge in [-0.05, 0) is 91.4 Å². The highest BCUT2D eigenvalue weighted by Gasteiger charge is 2.77. The average molecular weight is 808 g/mol. The summed E-state index contributed by atoms with van der Waals surface area (Å²) in [6, 6.07) is 14.8. The Labute approximate surface area is 345 Å². The molecule has 3 saturated carbocycles. The van der Waals surface area contributed by atoms with Crippen LogP contribution in [0.25, 0.3) is 6.08 Å². The predicted octanol–water partition coefficient (Wildman–Crippen LogP) is 4.64. The number of epoxide rings is 1. The molecule has 5 saturated heterocycles. The molecule has 4 aliphatic carbocycles. The predicted molar refractivity (Wildman–Crippen MR) is 214 cm³/mol. The van der Waals surface area contributed by atoms with E-state index in [1.54, 1.807) is 9.96 Å². The summed E-state index contributed by atoms with van der Waals surface area (Å²) >= 11 is 0. The van der Waals surface area contributed by atoms with E-state index >= 15 is 4.79 Å². The van der Waals surface area contributed by atoms with Crippen LogP contribution in [0.3, 0.4) is 0 Å². The first-order valence-corrected chi connectivity index (χ1v) is 22.1. The van der Waals surface area contributed by atoms with Gasteiger partial charge in [-0.15, -0.1) is 0 Å². The van der Waals surface area contributed by atoms with Crippen molar-refractivity contribution in [3.63, 3.8) is 0 Å². The molecule has 0 radical (unpaired) electrons. The van der Waals surface area contributed by atoms with Crippen LogP contribution in [0.15, 0.2) is 54.1 Å². The van der Waals surface area contributed by atoms with Gasteiger partial charge in [-0.2, -0.15) is 5.06 Å². The number of benzene rings is 2. The number of aliphatic hydroxyl groups is 1. The number of likely N-dealkylation sites (tertiary alicyclic amines) is 1. The lowest BCUT2D eigenvalue weighted by molar-refractivity contribution is -0.218. The van der Waals surface area contributed by atoms with Crippen LogP contribution in [-0.4, -0.2) is 107 Å². The van der Waals surface area contributed by atoms with Crippen LogP contribution in [0.1, 0.15) is 94.4 Å². The summed E-state index contributed by atoms with van der Waals surface area (Å²) in [5.74, 6) is -0.963. The highest BCUT2D eigenvalue weighted by atomic mass is 16.8. The number of hydrogen-bond acceptors (Lipinski definition) is 10. The van der Waals surface area contributed by atoms with Crippen molar-refractivity contribution in [3.8, 4) is 0 Å². The van der Waals surface area contributed by atoms with Gasteiger partial charge < -0.3 is 34.3 Å². The van der Waals surface area contributed by atoms with Crippen molar-refractivity contribution in [2.24, 2.45) is 22.7 Å². The quantitative estimate of drug-likeness (QED) is 0.301. The van der Waals surface area contributed by atoms with E-state index in [4.69, 9.17) is 23.8 Å². The van der Waals surface area contributed by atoms with Crippen molar-refractivity contribution in [1.29, 1.82) is 0 Å². The molecule has 12 heteroatoms. The first kappa shape index (κ1) is 38.3. The fourth-order valence-corrected chi connectivity index (χ4v) is 13.0. The largest absolute Gasteiger partial charge is 0.458 e. The van der Waals surface area contributed by atoms with Crippen molar-refractivity contribution >= 4 is 23.9 Å². The molecule has 2 N–H and O–H groups in total. The molecule has 8 fully saturated rings. The molecule has 2 bridgehead atoms. The molecule has 5 heterocycles. The summed E-state index contributed by atoms with van der Waals surface area (Å²) in [6.07, 6.45) is 7.65. The highest BCUT2D eigenvalue weighted by molar-refractivity contribution is 5.96. The van der Waals surface area contributed by atoms with Crippen molar-refractivity contribution in [2.45, 2.75) is 146 Å². The maximum atomic E-state index is 15.5. The van der Waals surface area contributed by atoms with Crippen LogP contribution >= 0.6 is 0 Å². The third-order valence-corrected chi connectivity index (χ3v) is 16.0. The third kappa shape index (κ3) is 5.94. The minimum absolute atomic E-state index is 0.00123. The fourth-order valence-electron chi connectivity index (χ4n) is 13.0. The number of hydroxylamine groups is 2. The normalized spacial score (nSPS) is 40.2. The van der Waals surface area contributed by atoms with E-state index in [0.29, 0.717) is 50.2 Å². The Bertz CT molecular complexity index is 2080. The summed E-state index contributed by atoms with van der Waals surface area (Å²) < 4.78 is 26.4. The molecule has 1 spiro atoms. The maximum Gasteiger partial charge on any atom is 0.327 e. The Hall–Kier alpha value is -3.65. The molecule has 2 aromatic rings. The number of esters is 1. The second-order valence-electron chi connectivity index (χ2n) is 19.9. The molecule has 2 aromatic carbocycles. The number of carbonyl (C=O) groups excluding carboxylic acids is 3. The van der Waals surface area contributed by atoms with Gasteiger partial charge >= 0.3 is 5.97 Å². The smallest absolute Gasteiger partial charge is 0.327 e. The molecule has 9 aliphatic rings. The van der Waals surface area contributed by atoms with Gasteiger partial charge in [-0.1, -0.05) is 74.0 Å². The van der Waals surface area contributed by atoms with Gasteiger partial charge in [0, 0.05) is 32.4 Å². The van der Waals surface area contributed by atoms with Crippen LogP contribution < -0.4 is 5.32 Å². The SMILES string of the molecule is CC1(C)C[C@@H]2C(=Cc3ccccc3CN3O[C@@H]4[C@H]5OC6(Cc7ccccc7C6)O[C@H]5[C@H]5C[C@]4(C(=O)N4CCC[C@@H]4C(=O)NCCO)[C@@H]3C(=O)O5)CCC3O[C@]3(C)CC[C@H]21. The van der Waals surface area contributed by atoms with E-state index in [1.165, 1.54) is 5.57 Å². The highest BCUT2D eigenvalue weighted by Crippen LogP contribution is 2.61. The topological polar surface area (TPSA) is 139 Å². The number of rotatable bonds is 7. The van der Waals surface area contributed by atoms with E-state index in [1.807, 2.05) is 18.2 Å². The standard InChI is InChI=1S/C47H57N3O9/c1-44(2)24-32-28(14-15-36-45(3,56-36)17-16-33(32)44)21-27-9-4-7-12-31(27)26-50-39-42(53)55-35-25-47(39,43(54)49-19-8-13-34(49)41(52)48-18-20-51)40(59-50)38-37(35)57-46(58-38)22-29-10-5-6-11-30(29)23-46/h4-7,9-12,21,32-40,51H,8,13-20,22-26H2,1-3H3,(H,48,52)/t32-,33-,34-,35-,36?,37+,38+,39+,40-,45-,47+/m1/s1. The molecule has 2 amide bonds. The van der Waals surface area contributed by atoms with E-state index in [2.05, 4.69) is 62.5 Å². The summed E-state index contributed by atoms with van der Waals surface area (Å²) in [4.78, 5) is 52.2. The second kappa shape index (κ2) is 13.7. The van der Waals surface area contributed by atoms with Crippen molar-refractivity contribution < 1.29 is 43.3 Å². The number of hydrogen-bond donors (Lipinski definition) is 2. The number of carbonyl (C=O) groups is 3. The van der Waals surface area contributed by atoms with Crippen LogP contribution in [0.4, 0.5) is 0 Å². The third-order valence-electron chi connectivity index (χ3n) is 16.0. The lowest BCUT2D eigenvalue weighted by Crippen LogP contribution is -2.70. The Morgan fingerprint density at radius 1 is 0.949 bits per heavy atom. The molecule has 12 nitrogen and oxygen atoms in total. The van der Waals surface area contributed by atoms with E-state index in [9.17, 15) is 14.7 Å². The van der Waals surface area contributed by atoms with Crippen LogP contribution in [0, 0.1) is 22.7 Å². The Morgan fingerprint density at radius 2 is 1.71 bits per heavy atom. The molecule has 1 unspecified atom stereocenters. The zero-order chi connectivity index (χ0) is 40.5. The Morgan fingerprint density at radius 3 is 2.49 bits per heavy atom. The van der Waals surface area contributed by atoms with Gasteiger partial charge in [0.1, 0.15) is 35.9 Å². The Balaban J connectivity index is 0.948. The van der Waals surface area contributed by atoms with E-state index in [-0.39, 0.29) is 48.9 Å². The first-order valence-electron chi connectivity index (χ1n) is 22.1. The summed E-state index contributed by atoms with van der Waals surface area (Å²) in [5, 5.41) is 13.9. The zero-order valence-corrected chi connectivity index (χ0v) is 34.4. The van der Waals surface area contributed by atoms with Crippen LogP contribution in [-0.2, 0) is 57.6 Å². The van der Waals surface area contributed by atoms with Crippen molar-refractivity contribution in [2.75, 3.05) is 19.7 Å².